The predicted molar refractivity (Wildman–Crippen MR) is 76.4 cm³/mol. The van der Waals surface area contributed by atoms with Gasteiger partial charge in [0.1, 0.15) is 0 Å². The number of rotatable bonds is 2. The lowest BCUT2D eigenvalue weighted by atomic mass is 9.74. The van der Waals surface area contributed by atoms with Gasteiger partial charge in [-0.05, 0) is 50.0 Å². The molecule has 1 aliphatic heterocycles. The molecule has 0 aromatic rings. The molecule has 3 aliphatic rings. The van der Waals surface area contributed by atoms with Gasteiger partial charge in [-0.2, -0.15) is 0 Å². The van der Waals surface area contributed by atoms with Gasteiger partial charge in [0, 0.05) is 19.1 Å². The van der Waals surface area contributed by atoms with Crippen molar-refractivity contribution in [3.05, 3.63) is 0 Å². The van der Waals surface area contributed by atoms with Crippen molar-refractivity contribution in [3.63, 3.8) is 0 Å². The highest BCUT2D eigenvalue weighted by Crippen LogP contribution is 2.36. The van der Waals surface area contributed by atoms with Crippen LogP contribution in [0.5, 0.6) is 0 Å². The highest BCUT2D eigenvalue weighted by Gasteiger charge is 2.32. The fourth-order valence-corrected chi connectivity index (χ4v) is 4.64. The highest BCUT2D eigenvalue weighted by molar-refractivity contribution is 4.86. The molecule has 4 atom stereocenters. The standard InChI is InChI=1S/C16H30N2/c17-16-8-4-3-7-15(16)12-18-10-9-13-5-1-2-6-14(13)11-18/h13-16H,1-12,17H2. The van der Waals surface area contributed by atoms with Crippen LogP contribution >= 0.6 is 0 Å². The Morgan fingerprint density at radius 1 is 0.833 bits per heavy atom. The van der Waals surface area contributed by atoms with Crippen molar-refractivity contribution in [2.24, 2.45) is 23.5 Å². The summed E-state index contributed by atoms with van der Waals surface area (Å²) >= 11 is 0. The molecule has 0 aromatic heterocycles. The minimum absolute atomic E-state index is 0.489. The van der Waals surface area contributed by atoms with Gasteiger partial charge in [-0.3, -0.25) is 0 Å². The molecule has 2 nitrogen and oxygen atoms in total. The number of fused-ring (bicyclic) bond motifs is 1. The van der Waals surface area contributed by atoms with Gasteiger partial charge in [-0.25, -0.2) is 0 Å². The normalized spacial score (nSPS) is 42.5. The molecular formula is C16H30N2. The van der Waals surface area contributed by atoms with E-state index in [1.165, 1.54) is 77.4 Å². The monoisotopic (exact) mass is 250 g/mol. The van der Waals surface area contributed by atoms with Crippen molar-refractivity contribution in [2.45, 2.75) is 63.8 Å². The van der Waals surface area contributed by atoms with Crippen LogP contribution in [0.2, 0.25) is 0 Å². The third-order valence-electron chi connectivity index (χ3n) is 5.84. The van der Waals surface area contributed by atoms with E-state index in [4.69, 9.17) is 5.73 Å². The van der Waals surface area contributed by atoms with E-state index in [-0.39, 0.29) is 0 Å². The minimum atomic E-state index is 0.489. The topological polar surface area (TPSA) is 29.3 Å². The zero-order valence-electron chi connectivity index (χ0n) is 11.8. The van der Waals surface area contributed by atoms with E-state index in [9.17, 15) is 0 Å². The van der Waals surface area contributed by atoms with E-state index in [1.54, 1.807) is 0 Å². The number of nitrogens with two attached hydrogens (primary N) is 1. The van der Waals surface area contributed by atoms with Gasteiger partial charge >= 0.3 is 0 Å². The van der Waals surface area contributed by atoms with E-state index in [0.717, 1.165) is 17.8 Å². The van der Waals surface area contributed by atoms with Crippen LogP contribution < -0.4 is 5.73 Å². The second kappa shape index (κ2) is 5.92. The first-order valence-electron chi connectivity index (χ1n) is 8.31. The van der Waals surface area contributed by atoms with Crippen molar-refractivity contribution in [1.82, 2.24) is 4.90 Å². The van der Waals surface area contributed by atoms with E-state index < -0.39 is 0 Å². The lowest BCUT2D eigenvalue weighted by Gasteiger charge is -2.43. The van der Waals surface area contributed by atoms with Crippen molar-refractivity contribution >= 4 is 0 Å². The molecule has 1 saturated heterocycles. The molecule has 0 amide bonds. The lowest BCUT2D eigenvalue weighted by molar-refractivity contribution is 0.0671. The molecule has 0 bridgehead atoms. The van der Waals surface area contributed by atoms with Gasteiger partial charge < -0.3 is 10.6 Å². The van der Waals surface area contributed by atoms with Crippen LogP contribution in [0.3, 0.4) is 0 Å². The summed E-state index contributed by atoms with van der Waals surface area (Å²) < 4.78 is 0. The van der Waals surface area contributed by atoms with Gasteiger partial charge in [0.2, 0.25) is 0 Å². The van der Waals surface area contributed by atoms with Crippen molar-refractivity contribution in [2.75, 3.05) is 19.6 Å². The first-order chi connectivity index (χ1) is 8.83. The Morgan fingerprint density at radius 2 is 1.56 bits per heavy atom. The highest BCUT2D eigenvalue weighted by atomic mass is 15.1. The van der Waals surface area contributed by atoms with E-state index in [1.807, 2.05) is 0 Å². The third kappa shape index (κ3) is 2.91. The van der Waals surface area contributed by atoms with Crippen molar-refractivity contribution in [3.8, 4) is 0 Å². The average molecular weight is 250 g/mol. The van der Waals surface area contributed by atoms with E-state index in [0.29, 0.717) is 6.04 Å². The molecule has 0 spiro atoms. The van der Waals surface area contributed by atoms with Crippen LogP contribution in [0.15, 0.2) is 0 Å². The summed E-state index contributed by atoms with van der Waals surface area (Å²) in [5.74, 6) is 2.88. The van der Waals surface area contributed by atoms with Crippen LogP contribution in [0.4, 0.5) is 0 Å². The summed E-state index contributed by atoms with van der Waals surface area (Å²) in [7, 11) is 0. The minimum Gasteiger partial charge on any atom is -0.327 e. The van der Waals surface area contributed by atoms with E-state index >= 15 is 0 Å². The Kier molecular flexibility index (Phi) is 4.25. The molecule has 104 valence electrons. The summed E-state index contributed by atoms with van der Waals surface area (Å²) in [5, 5.41) is 0. The fourth-order valence-electron chi connectivity index (χ4n) is 4.64. The summed E-state index contributed by atoms with van der Waals surface area (Å²) in [6.45, 7) is 4.03. The quantitative estimate of drug-likeness (QED) is 0.816. The smallest absolute Gasteiger partial charge is 0.00793 e. The van der Waals surface area contributed by atoms with Gasteiger partial charge in [0.05, 0.1) is 0 Å². The predicted octanol–water partition coefficient (Wildman–Crippen LogP) is 3.02. The molecule has 2 heteroatoms. The SMILES string of the molecule is NC1CCCCC1CN1CCC2CCCCC2C1. The number of hydrogen-bond acceptors (Lipinski definition) is 2. The lowest BCUT2D eigenvalue weighted by Crippen LogP contribution is -2.47. The van der Waals surface area contributed by atoms with Gasteiger partial charge in [0.15, 0.2) is 0 Å². The van der Waals surface area contributed by atoms with Crippen LogP contribution in [-0.2, 0) is 0 Å². The first-order valence-corrected chi connectivity index (χ1v) is 8.31. The maximum atomic E-state index is 6.30. The zero-order valence-corrected chi connectivity index (χ0v) is 11.8. The largest absolute Gasteiger partial charge is 0.327 e. The molecular weight excluding hydrogens is 220 g/mol. The Bertz CT molecular complexity index is 266. The Hall–Kier alpha value is -0.0800. The molecule has 3 rings (SSSR count). The van der Waals surface area contributed by atoms with Crippen LogP contribution in [0.1, 0.15) is 57.8 Å². The molecule has 1 heterocycles. The number of hydrogen-bond donors (Lipinski definition) is 1. The number of likely N-dealkylation sites (tertiary alicyclic amines) is 1. The number of piperidine rings is 1. The molecule has 4 unspecified atom stereocenters. The summed E-state index contributed by atoms with van der Waals surface area (Å²) in [5.41, 5.74) is 6.30. The van der Waals surface area contributed by atoms with Crippen molar-refractivity contribution in [1.29, 1.82) is 0 Å². The summed E-state index contributed by atoms with van der Waals surface area (Å²) in [6, 6.07) is 0.489. The van der Waals surface area contributed by atoms with Crippen LogP contribution in [0.25, 0.3) is 0 Å². The third-order valence-corrected chi connectivity index (χ3v) is 5.84. The maximum absolute atomic E-state index is 6.30. The fraction of sp³-hybridized carbons (Fsp3) is 1.00. The van der Waals surface area contributed by atoms with Crippen LogP contribution in [0, 0.1) is 17.8 Å². The van der Waals surface area contributed by atoms with Gasteiger partial charge in [0.25, 0.3) is 0 Å². The molecule has 0 radical (unpaired) electrons. The Morgan fingerprint density at radius 3 is 2.39 bits per heavy atom. The molecule has 2 saturated carbocycles. The van der Waals surface area contributed by atoms with Gasteiger partial charge in [-0.15, -0.1) is 0 Å². The first kappa shape index (κ1) is 12.9. The molecule has 3 fully saturated rings. The van der Waals surface area contributed by atoms with Crippen molar-refractivity contribution < 1.29 is 0 Å². The molecule has 0 aromatic carbocycles. The molecule has 2 N–H and O–H groups in total. The van der Waals surface area contributed by atoms with E-state index in [2.05, 4.69) is 4.90 Å². The molecule has 2 aliphatic carbocycles. The second-order valence-electron chi connectivity index (χ2n) is 7.06. The van der Waals surface area contributed by atoms with Crippen LogP contribution in [-0.4, -0.2) is 30.6 Å². The van der Waals surface area contributed by atoms with Gasteiger partial charge in [-0.1, -0.05) is 32.1 Å². The summed E-state index contributed by atoms with van der Waals surface area (Å²) in [4.78, 5) is 2.75. The maximum Gasteiger partial charge on any atom is 0.00793 e. The average Bonchev–Trinajstić information content (AvgIpc) is 2.41. The summed E-state index contributed by atoms with van der Waals surface area (Å²) in [6.07, 6.45) is 12.9. The Balaban J connectivity index is 1.51. The Labute approximate surface area is 112 Å². The zero-order chi connectivity index (χ0) is 12.4. The second-order valence-corrected chi connectivity index (χ2v) is 7.06. The molecule has 18 heavy (non-hydrogen) atoms. The number of nitrogens with zero attached hydrogens (tertiary/aromatic N) is 1.